The van der Waals surface area contributed by atoms with E-state index < -0.39 is 23.4 Å². The van der Waals surface area contributed by atoms with Crippen LogP contribution in [0.25, 0.3) is 0 Å². The van der Waals surface area contributed by atoms with Crippen LogP contribution in [0, 0.1) is 5.82 Å². The van der Waals surface area contributed by atoms with Crippen LogP contribution in [0.4, 0.5) is 4.39 Å². The molecule has 4 N–H and O–H groups in total. The smallest absolute Gasteiger partial charge is 0.258 e. The Morgan fingerprint density at radius 1 is 1.19 bits per heavy atom. The number of benzene rings is 1. The van der Waals surface area contributed by atoms with Crippen LogP contribution in [-0.2, 0) is 9.59 Å². The highest BCUT2D eigenvalue weighted by atomic mass is 35.5. The lowest BCUT2D eigenvalue weighted by Crippen LogP contribution is -2.60. The second-order valence-corrected chi connectivity index (χ2v) is 11.2. The van der Waals surface area contributed by atoms with Crippen LogP contribution in [-0.4, -0.2) is 78.3 Å². The zero-order valence-corrected chi connectivity index (χ0v) is 22.2. The summed E-state index contributed by atoms with van der Waals surface area (Å²) in [6.45, 7) is 2.90. The van der Waals surface area contributed by atoms with Crippen LogP contribution in [0.1, 0.15) is 64.2 Å². The molecule has 0 spiro atoms. The van der Waals surface area contributed by atoms with Crippen LogP contribution >= 0.6 is 11.6 Å². The van der Waals surface area contributed by atoms with Crippen molar-refractivity contribution in [2.75, 3.05) is 32.8 Å². The van der Waals surface area contributed by atoms with Gasteiger partial charge in [-0.05, 0) is 70.2 Å². The number of nitrogens with zero attached hydrogens (tertiary/aromatic N) is 1. The Hall–Kier alpha value is -1.94. The normalized spacial score (nSPS) is 24.8. The van der Waals surface area contributed by atoms with E-state index in [9.17, 15) is 19.1 Å². The van der Waals surface area contributed by atoms with Crippen molar-refractivity contribution >= 4 is 23.4 Å². The molecule has 1 aliphatic carbocycles. The van der Waals surface area contributed by atoms with Gasteiger partial charge in [0.25, 0.3) is 5.91 Å². The monoisotopic (exact) mass is 538 g/mol. The van der Waals surface area contributed by atoms with Gasteiger partial charge >= 0.3 is 0 Å². The molecule has 2 saturated heterocycles. The zero-order valence-electron chi connectivity index (χ0n) is 21.4. The molecule has 3 unspecified atom stereocenters. The number of aliphatic hydroxyl groups is 1. The Morgan fingerprint density at radius 3 is 2.62 bits per heavy atom. The number of aliphatic hydroxyl groups excluding tert-OH is 1. The van der Waals surface area contributed by atoms with Gasteiger partial charge in [-0.15, -0.1) is 0 Å². The third-order valence-corrected chi connectivity index (χ3v) is 8.29. The number of halogens is 2. The summed E-state index contributed by atoms with van der Waals surface area (Å²) in [5.41, 5.74) is -0.468. The fourth-order valence-electron chi connectivity index (χ4n) is 5.96. The third kappa shape index (κ3) is 8.02. The van der Waals surface area contributed by atoms with Gasteiger partial charge in [-0.25, -0.2) is 4.39 Å². The Morgan fingerprint density at radius 2 is 1.95 bits per heavy atom. The Bertz CT molecular complexity index is 916. The van der Waals surface area contributed by atoms with E-state index in [2.05, 4.69) is 20.9 Å². The molecular formula is C27H40ClFN4O4. The predicted molar refractivity (Wildman–Crippen MR) is 140 cm³/mol. The summed E-state index contributed by atoms with van der Waals surface area (Å²) in [6.07, 6.45) is 8.70. The number of rotatable bonds is 10. The fourth-order valence-corrected chi connectivity index (χ4v) is 6.08. The fraction of sp³-hybridized carbons (Fsp3) is 0.704. The van der Waals surface area contributed by atoms with Crippen molar-refractivity contribution in [1.29, 1.82) is 0 Å². The van der Waals surface area contributed by atoms with Crippen molar-refractivity contribution in [2.24, 2.45) is 0 Å². The maximum atomic E-state index is 13.5. The van der Waals surface area contributed by atoms with E-state index in [1.807, 2.05) is 0 Å². The van der Waals surface area contributed by atoms with Gasteiger partial charge in [0.1, 0.15) is 11.6 Å². The number of nitrogens with one attached hydrogen (secondary N) is 3. The van der Waals surface area contributed by atoms with Crippen LogP contribution < -0.4 is 20.7 Å². The highest BCUT2D eigenvalue weighted by Gasteiger charge is 2.38. The van der Waals surface area contributed by atoms with E-state index in [-0.39, 0.29) is 35.9 Å². The topological polar surface area (TPSA) is 103 Å². The summed E-state index contributed by atoms with van der Waals surface area (Å²) in [5.74, 6) is -0.828. The summed E-state index contributed by atoms with van der Waals surface area (Å²) in [5, 5.41) is 20.2. The van der Waals surface area contributed by atoms with Crippen molar-refractivity contribution in [3.8, 4) is 5.75 Å². The average molecular weight is 539 g/mol. The first-order chi connectivity index (χ1) is 17.8. The summed E-state index contributed by atoms with van der Waals surface area (Å²) in [4.78, 5) is 28.0. The van der Waals surface area contributed by atoms with Gasteiger partial charge in [0.05, 0.1) is 17.2 Å². The molecule has 3 aliphatic rings. The van der Waals surface area contributed by atoms with Gasteiger partial charge < -0.3 is 25.8 Å². The molecule has 0 radical (unpaired) electrons. The molecule has 0 bridgehead atoms. The minimum atomic E-state index is -0.811. The molecule has 8 nitrogen and oxygen atoms in total. The van der Waals surface area contributed by atoms with Crippen molar-refractivity contribution in [2.45, 2.75) is 87.9 Å². The molecule has 10 heteroatoms. The average Bonchev–Trinajstić information content (AvgIpc) is 3.44. The predicted octanol–water partition coefficient (Wildman–Crippen LogP) is 2.76. The van der Waals surface area contributed by atoms with E-state index in [1.165, 1.54) is 25.0 Å². The SMILES string of the molecule is O=C(COc1ccc(Cl)c(F)c1)NCC(O)CC1(NC(=O)C2CCC(N3CCCC3)CN2)CCCCC1. The summed E-state index contributed by atoms with van der Waals surface area (Å²) >= 11 is 5.66. The summed E-state index contributed by atoms with van der Waals surface area (Å²) < 4.78 is 18.8. The second kappa shape index (κ2) is 13.2. The van der Waals surface area contributed by atoms with E-state index in [1.54, 1.807) is 0 Å². The molecule has 1 aromatic rings. The number of hydrogen-bond acceptors (Lipinski definition) is 6. The first-order valence-corrected chi connectivity index (χ1v) is 14.0. The van der Waals surface area contributed by atoms with E-state index in [4.69, 9.17) is 16.3 Å². The van der Waals surface area contributed by atoms with Gasteiger partial charge in [0.15, 0.2) is 6.61 Å². The van der Waals surface area contributed by atoms with Gasteiger partial charge in [-0.1, -0.05) is 30.9 Å². The molecule has 0 aromatic heterocycles. The summed E-state index contributed by atoms with van der Waals surface area (Å²) in [6, 6.07) is 4.28. The Balaban J connectivity index is 1.22. The number of ether oxygens (including phenoxy) is 1. The van der Waals surface area contributed by atoms with Crippen molar-refractivity contribution in [1.82, 2.24) is 20.9 Å². The van der Waals surface area contributed by atoms with Gasteiger partial charge in [-0.3, -0.25) is 14.5 Å². The first kappa shape index (κ1) is 28.1. The number of likely N-dealkylation sites (tertiary alicyclic amines) is 1. The number of piperidine rings is 1. The van der Waals surface area contributed by atoms with Crippen molar-refractivity contribution in [3.05, 3.63) is 29.0 Å². The van der Waals surface area contributed by atoms with Crippen molar-refractivity contribution in [3.63, 3.8) is 0 Å². The molecule has 1 saturated carbocycles. The lowest BCUT2D eigenvalue weighted by atomic mass is 9.77. The van der Waals surface area contributed by atoms with Crippen molar-refractivity contribution < 1.29 is 23.8 Å². The molecule has 3 atom stereocenters. The number of amides is 2. The largest absolute Gasteiger partial charge is 0.484 e. The Labute approximate surface area is 223 Å². The highest BCUT2D eigenvalue weighted by molar-refractivity contribution is 6.30. The molecule has 4 rings (SSSR count). The highest BCUT2D eigenvalue weighted by Crippen LogP contribution is 2.32. The van der Waals surface area contributed by atoms with Crippen LogP contribution in [0.2, 0.25) is 5.02 Å². The van der Waals surface area contributed by atoms with E-state index in [0.717, 1.165) is 70.6 Å². The minimum Gasteiger partial charge on any atom is -0.484 e. The number of carbonyl (C=O) groups excluding carboxylic acids is 2. The molecule has 2 heterocycles. The quantitative estimate of drug-likeness (QED) is 0.365. The lowest BCUT2D eigenvalue weighted by Gasteiger charge is -2.42. The Kier molecular flexibility index (Phi) is 10.0. The first-order valence-electron chi connectivity index (χ1n) is 13.7. The van der Waals surface area contributed by atoms with Crippen LogP contribution in [0.3, 0.4) is 0 Å². The number of carbonyl (C=O) groups is 2. The maximum Gasteiger partial charge on any atom is 0.258 e. The van der Waals surface area contributed by atoms with E-state index >= 15 is 0 Å². The molecule has 3 fully saturated rings. The molecule has 2 amide bonds. The van der Waals surface area contributed by atoms with Gasteiger partial charge in [-0.2, -0.15) is 0 Å². The molecule has 1 aromatic carbocycles. The zero-order chi connectivity index (χ0) is 26.3. The van der Waals surface area contributed by atoms with E-state index in [0.29, 0.717) is 12.5 Å². The van der Waals surface area contributed by atoms with Crippen LogP contribution in [0.15, 0.2) is 18.2 Å². The van der Waals surface area contributed by atoms with Crippen LogP contribution in [0.5, 0.6) is 5.75 Å². The third-order valence-electron chi connectivity index (χ3n) is 7.98. The minimum absolute atomic E-state index is 0.0154. The van der Waals surface area contributed by atoms with Gasteiger partial charge in [0, 0.05) is 30.7 Å². The van der Waals surface area contributed by atoms with Gasteiger partial charge in [0.2, 0.25) is 5.91 Å². The summed E-state index contributed by atoms with van der Waals surface area (Å²) in [7, 11) is 0. The molecule has 206 valence electrons. The standard InChI is InChI=1S/C27H40ClFN4O4/c28-22-8-7-21(14-23(22)29)37-18-25(35)31-17-20(34)15-27(10-2-1-3-11-27)32-26(36)24-9-6-19(16-30-24)33-12-4-5-13-33/h7-8,14,19-20,24,30,34H,1-6,9-13,15-18H2,(H,31,35)(H,32,36). The lowest BCUT2D eigenvalue weighted by molar-refractivity contribution is -0.127. The number of hydrogen-bond donors (Lipinski definition) is 4. The molecule has 37 heavy (non-hydrogen) atoms. The maximum absolute atomic E-state index is 13.5. The molecular weight excluding hydrogens is 499 g/mol. The molecule has 2 aliphatic heterocycles. The second-order valence-electron chi connectivity index (χ2n) is 10.8.